The van der Waals surface area contributed by atoms with Crippen LogP contribution >= 0.6 is 0 Å². The van der Waals surface area contributed by atoms with E-state index in [0.717, 1.165) is 11.1 Å². The van der Waals surface area contributed by atoms with Gasteiger partial charge < -0.3 is 23.8 Å². The average molecular weight is 518 g/mol. The highest BCUT2D eigenvalue weighted by atomic mass is 19.1. The topological polar surface area (TPSA) is 87.4 Å². The van der Waals surface area contributed by atoms with E-state index in [4.69, 9.17) is 18.9 Å². The van der Waals surface area contributed by atoms with E-state index in [9.17, 15) is 4.79 Å². The van der Waals surface area contributed by atoms with Crippen molar-refractivity contribution in [3.8, 4) is 17.2 Å². The zero-order chi connectivity index (χ0) is 27.4. The molecule has 196 valence electrons. The highest BCUT2D eigenvalue weighted by molar-refractivity contribution is 6.53. The Bertz CT molecular complexity index is 1450. The number of nitrogens with zero attached hydrogens (tertiary/aromatic N) is 4. The minimum Gasteiger partial charge on any atom is -0.499 e. The lowest BCUT2D eigenvalue weighted by Gasteiger charge is -2.47. The van der Waals surface area contributed by atoms with Gasteiger partial charge in [-0.1, -0.05) is 0 Å². The molecule has 0 spiro atoms. The molecule has 0 saturated carbocycles. The normalized spacial score (nSPS) is 21.8. The van der Waals surface area contributed by atoms with Gasteiger partial charge >= 0.3 is 0 Å². The number of ether oxygens (including phenoxy) is 4. The number of alkyl halides is 1. The standard InChI is InChI=1S/C24H31B4FN4O5/c1-12-13(2)22(31-33-20(34)8-14(11-35-3)30-21(12)33)32-7-6-17(16(29)10-32)36-15-4-5-18-19(9-15)38-24(27,28)23(25,26)37-18/h4-5,8-9,16-17H,6-7,10-11,25-28H2,1-3H3/t16-,17-/m0/s1. The molecule has 0 bridgehead atoms. The summed E-state index contributed by atoms with van der Waals surface area (Å²) in [6.45, 7) is 4.67. The van der Waals surface area contributed by atoms with E-state index in [-0.39, 0.29) is 18.7 Å². The van der Waals surface area contributed by atoms with Gasteiger partial charge in [-0.3, -0.25) is 4.79 Å². The van der Waals surface area contributed by atoms with E-state index < -0.39 is 23.1 Å². The maximum Gasteiger partial charge on any atom is 0.274 e. The van der Waals surface area contributed by atoms with Crippen LogP contribution in [0.1, 0.15) is 23.2 Å². The van der Waals surface area contributed by atoms with E-state index in [1.54, 1.807) is 25.3 Å². The summed E-state index contributed by atoms with van der Waals surface area (Å²) in [5, 5.41) is 3.52. The van der Waals surface area contributed by atoms with E-state index in [1.165, 1.54) is 10.6 Å². The maximum absolute atomic E-state index is 15.5. The quantitative estimate of drug-likeness (QED) is 0.377. The number of methoxy groups -OCH3 is 1. The fourth-order valence-corrected chi connectivity index (χ4v) is 4.80. The number of aromatic nitrogens is 3. The number of fused-ring (bicyclic) bond motifs is 2. The number of hydrogen-bond donors (Lipinski definition) is 0. The summed E-state index contributed by atoms with van der Waals surface area (Å²) in [5.41, 5.74) is 2.40. The molecule has 2 aromatic heterocycles. The smallest absolute Gasteiger partial charge is 0.274 e. The van der Waals surface area contributed by atoms with E-state index >= 15 is 4.39 Å². The maximum atomic E-state index is 15.5. The van der Waals surface area contributed by atoms with Crippen LogP contribution in [-0.2, 0) is 11.3 Å². The van der Waals surface area contributed by atoms with Crippen LogP contribution in [0.5, 0.6) is 17.2 Å². The minimum absolute atomic E-state index is 0.0964. The number of benzene rings is 1. The Morgan fingerprint density at radius 1 is 1.11 bits per heavy atom. The predicted molar refractivity (Wildman–Crippen MR) is 153 cm³/mol. The van der Waals surface area contributed by atoms with Gasteiger partial charge in [0, 0.05) is 43.3 Å². The van der Waals surface area contributed by atoms with Gasteiger partial charge in [-0.25, -0.2) is 9.37 Å². The van der Waals surface area contributed by atoms with Crippen LogP contribution in [-0.4, -0.2) is 89.3 Å². The molecule has 2 atom stereocenters. The summed E-state index contributed by atoms with van der Waals surface area (Å²) >= 11 is 0. The van der Waals surface area contributed by atoms with Crippen LogP contribution in [0.3, 0.4) is 0 Å². The summed E-state index contributed by atoms with van der Waals surface area (Å²) in [7, 11) is 9.48. The largest absolute Gasteiger partial charge is 0.499 e. The molecule has 0 amide bonds. The summed E-state index contributed by atoms with van der Waals surface area (Å²) < 4.78 is 40.3. The molecule has 2 aliphatic heterocycles. The molecule has 4 heterocycles. The lowest BCUT2D eigenvalue weighted by Crippen LogP contribution is -2.65. The Balaban J connectivity index is 1.34. The van der Waals surface area contributed by atoms with Gasteiger partial charge in [0.2, 0.25) is 0 Å². The summed E-state index contributed by atoms with van der Waals surface area (Å²) in [5.74, 6) is 2.33. The first-order chi connectivity index (χ1) is 17.9. The fraction of sp³-hybridized carbons (Fsp3) is 0.458. The second-order valence-electron chi connectivity index (χ2n) is 11.1. The van der Waals surface area contributed by atoms with Crippen LogP contribution < -0.4 is 24.7 Å². The Hall–Kier alpha value is -3.14. The Kier molecular flexibility index (Phi) is 6.65. The second-order valence-corrected chi connectivity index (χ2v) is 11.1. The molecule has 38 heavy (non-hydrogen) atoms. The predicted octanol–water partition coefficient (Wildman–Crippen LogP) is -1.54. The van der Waals surface area contributed by atoms with Crippen molar-refractivity contribution in [1.29, 1.82) is 0 Å². The third-order valence-electron chi connectivity index (χ3n) is 7.83. The second kappa shape index (κ2) is 9.55. The first kappa shape index (κ1) is 26.5. The van der Waals surface area contributed by atoms with Crippen molar-refractivity contribution >= 4 is 42.9 Å². The third-order valence-corrected chi connectivity index (χ3v) is 7.83. The van der Waals surface area contributed by atoms with Gasteiger partial charge in [-0.05, 0) is 26.0 Å². The lowest BCUT2D eigenvalue weighted by atomic mass is 9.41. The van der Waals surface area contributed by atoms with Gasteiger partial charge in [0.25, 0.3) is 5.56 Å². The van der Waals surface area contributed by atoms with Crippen LogP contribution in [0.25, 0.3) is 5.65 Å². The zero-order valence-corrected chi connectivity index (χ0v) is 23.0. The van der Waals surface area contributed by atoms with E-state index in [0.29, 0.717) is 47.4 Å². The Labute approximate surface area is 224 Å². The van der Waals surface area contributed by atoms with Gasteiger partial charge in [0.1, 0.15) is 43.2 Å². The van der Waals surface area contributed by atoms with Crippen molar-refractivity contribution in [2.45, 2.75) is 50.0 Å². The molecular formula is C24H31B4FN4O5. The summed E-state index contributed by atoms with van der Waals surface area (Å²) in [6, 6.07) is 6.76. The lowest BCUT2D eigenvalue weighted by molar-refractivity contribution is 0.0587. The Morgan fingerprint density at radius 2 is 1.82 bits per heavy atom. The number of halogens is 1. The zero-order valence-electron chi connectivity index (χ0n) is 23.0. The number of rotatable bonds is 5. The van der Waals surface area contributed by atoms with E-state index in [1.807, 2.05) is 50.1 Å². The SMILES string of the molecule is BC1(B)Oc2ccc(O[C@H]3CCN(c4nn5c(=O)cc(COC)nc5c(C)c4C)C[C@@H]3F)cc2OC1(B)B. The van der Waals surface area contributed by atoms with Crippen molar-refractivity contribution in [3.63, 3.8) is 0 Å². The molecule has 0 N–H and O–H groups in total. The molecule has 14 heteroatoms. The molecule has 0 unspecified atom stereocenters. The van der Waals surface area contributed by atoms with Gasteiger partial charge in [-0.2, -0.15) is 4.52 Å². The van der Waals surface area contributed by atoms with Crippen LogP contribution in [0.4, 0.5) is 10.2 Å². The number of anilines is 1. The van der Waals surface area contributed by atoms with E-state index in [2.05, 4.69) is 10.1 Å². The minimum atomic E-state index is -1.26. The Morgan fingerprint density at radius 3 is 2.50 bits per heavy atom. The molecule has 0 radical (unpaired) electrons. The highest BCUT2D eigenvalue weighted by Gasteiger charge is 2.44. The monoisotopic (exact) mass is 518 g/mol. The molecule has 0 aliphatic carbocycles. The summed E-state index contributed by atoms with van der Waals surface area (Å²) in [6.07, 6.45) is -1.43. The molecule has 9 nitrogen and oxygen atoms in total. The van der Waals surface area contributed by atoms with Gasteiger partial charge in [0.15, 0.2) is 29.1 Å². The van der Waals surface area contributed by atoms with Gasteiger partial charge in [-0.15, -0.1) is 5.10 Å². The molecule has 1 saturated heterocycles. The molecule has 2 aliphatic rings. The van der Waals surface area contributed by atoms with Crippen LogP contribution in [0.2, 0.25) is 0 Å². The third kappa shape index (κ3) is 4.63. The first-order valence-corrected chi connectivity index (χ1v) is 12.9. The number of hydrogen-bond acceptors (Lipinski definition) is 8. The van der Waals surface area contributed by atoms with Crippen molar-refractivity contribution in [1.82, 2.24) is 14.6 Å². The molecule has 3 aromatic rings. The number of piperidine rings is 1. The summed E-state index contributed by atoms with van der Waals surface area (Å²) in [4.78, 5) is 19.2. The molecule has 1 aromatic carbocycles. The van der Waals surface area contributed by atoms with Crippen molar-refractivity contribution in [2.75, 3.05) is 25.1 Å². The highest BCUT2D eigenvalue weighted by Crippen LogP contribution is 2.41. The average Bonchev–Trinajstić information content (AvgIpc) is 2.84. The van der Waals surface area contributed by atoms with Crippen molar-refractivity contribution < 1.29 is 23.3 Å². The molecular weight excluding hydrogens is 487 g/mol. The molecule has 1 fully saturated rings. The van der Waals surface area contributed by atoms with Crippen molar-refractivity contribution in [3.05, 3.63) is 51.4 Å². The number of aryl methyl sites for hydroxylation is 1. The molecule has 5 rings (SSSR count). The van der Waals surface area contributed by atoms with Crippen LogP contribution in [0, 0.1) is 13.8 Å². The van der Waals surface area contributed by atoms with Crippen molar-refractivity contribution in [2.24, 2.45) is 0 Å². The van der Waals surface area contributed by atoms with Gasteiger partial charge in [0.05, 0.1) is 29.6 Å². The van der Waals surface area contributed by atoms with Crippen LogP contribution in [0.15, 0.2) is 29.1 Å². The fourth-order valence-electron chi connectivity index (χ4n) is 4.80. The first-order valence-electron chi connectivity index (χ1n) is 12.9.